The Morgan fingerprint density at radius 3 is 2.66 bits per heavy atom. The minimum atomic E-state index is -4.31. The zero-order valence-corrected chi connectivity index (χ0v) is 26.9. The molecule has 0 aromatic heterocycles. The maximum absolute atomic E-state index is 14.2. The molecule has 2 fully saturated rings. The van der Waals surface area contributed by atoms with E-state index >= 15 is 0 Å². The second-order valence-electron chi connectivity index (χ2n) is 12.6. The average Bonchev–Trinajstić information content (AvgIpc) is 3.34. The van der Waals surface area contributed by atoms with E-state index < -0.39 is 63.3 Å². The van der Waals surface area contributed by atoms with Crippen molar-refractivity contribution >= 4 is 39.5 Å². The lowest BCUT2D eigenvalue weighted by atomic mass is 10.1. The molecule has 0 radical (unpaired) electrons. The van der Waals surface area contributed by atoms with Crippen molar-refractivity contribution in [1.82, 2.24) is 19.8 Å². The van der Waals surface area contributed by atoms with Crippen molar-refractivity contribution in [3.8, 4) is 0 Å². The molecule has 2 aromatic rings. The first-order valence-electron chi connectivity index (χ1n) is 15.9. The second-order valence-corrected chi connectivity index (χ2v) is 14.2. The second kappa shape index (κ2) is 13.0. The predicted octanol–water partition coefficient (Wildman–Crippen LogP) is 3.19. The van der Waals surface area contributed by atoms with Gasteiger partial charge in [0.25, 0.3) is 15.9 Å². The molecule has 4 atom stereocenters. The van der Waals surface area contributed by atoms with Gasteiger partial charge in [-0.3, -0.25) is 19.3 Å². The van der Waals surface area contributed by atoms with Crippen LogP contribution in [0.5, 0.6) is 0 Å². The monoisotopic (exact) mass is 667 g/mol. The van der Waals surface area contributed by atoms with Gasteiger partial charge in [-0.2, -0.15) is 0 Å². The van der Waals surface area contributed by atoms with Gasteiger partial charge >= 0.3 is 6.09 Å². The smallest absolute Gasteiger partial charge is 0.410 e. The molecule has 47 heavy (non-hydrogen) atoms. The molecule has 1 saturated heterocycles. The van der Waals surface area contributed by atoms with E-state index in [1.807, 2.05) is 12.2 Å². The average molecular weight is 668 g/mol. The van der Waals surface area contributed by atoms with E-state index in [0.29, 0.717) is 23.4 Å². The van der Waals surface area contributed by atoms with Crippen molar-refractivity contribution < 1.29 is 36.7 Å². The Bertz CT molecular complexity index is 1730. The van der Waals surface area contributed by atoms with Crippen LogP contribution in [0.15, 0.2) is 59.5 Å². The van der Waals surface area contributed by atoms with Crippen molar-refractivity contribution in [1.29, 1.82) is 0 Å². The minimum absolute atomic E-state index is 0.0259. The van der Waals surface area contributed by atoms with Crippen molar-refractivity contribution in [2.24, 2.45) is 5.92 Å². The maximum atomic E-state index is 14.2. The SMILES string of the molecule is CC(=O)N1C[C@H](OC(=O)N2Cc3cccc(F)c3C2)C[C@H]1C(=O)N[C@]12C[C@H]1C=CCCCCCNc1ccccc1S(=O)(=O)NC2=O. The molecule has 0 spiro atoms. The lowest BCUT2D eigenvalue weighted by Gasteiger charge is -2.25. The number of nitrogens with one attached hydrogen (secondary N) is 3. The number of para-hydroxylation sites is 1. The van der Waals surface area contributed by atoms with Crippen molar-refractivity contribution in [3.05, 3.63) is 71.6 Å². The van der Waals surface area contributed by atoms with E-state index in [2.05, 4.69) is 15.4 Å². The third kappa shape index (κ3) is 6.69. The number of anilines is 1. The molecule has 14 heteroatoms. The summed E-state index contributed by atoms with van der Waals surface area (Å²) in [6.45, 7) is 2.04. The summed E-state index contributed by atoms with van der Waals surface area (Å²) in [4.78, 5) is 55.7. The fourth-order valence-electron chi connectivity index (χ4n) is 6.65. The van der Waals surface area contributed by atoms with E-state index in [0.717, 1.165) is 25.7 Å². The van der Waals surface area contributed by atoms with Crippen LogP contribution in [0.25, 0.3) is 0 Å². The van der Waals surface area contributed by atoms with Crippen LogP contribution in [0, 0.1) is 11.7 Å². The van der Waals surface area contributed by atoms with Gasteiger partial charge in [-0.05, 0) is 49.4 Å². The third-order valence-corrected chi connectivity index (χ3v) is 10.7. The number of benzene rings is 2. The molecule has 3 aliphatic heterocycles. The molecule has 12 nitrogen and oxygen atoms in total. The van der Waals surface area contributed by atoms with Crippen molar-refractivity contribution in [2.75, 3.05) is 18.4 Å². The molecule has 1 saturated carbocycles. The summed E-state index contributed by atoms with van der Waals surface area (Å²) in [7, 11) is -4.31. The van der Waals surface area contributed by atoms with E-state index in [1.165, 1.54) is 28.9 Å². The molecule has 0 unspecified atom stereocenters. The van der Waals surface area contributed by atoms with Gasteiger partial charge in [0, 0.05) is 37.9 Å². The molecule has 4 amide bonds. The Kier molecular flexibility index (Phi) is 8.97. The fourth-order valence-corrected chi connectivity index (χ4v) is 7.88. The summed E-state index contributed by atoms with van der Waals surface area (Å²) in [6.07, 6.45) is 5.84. The van der Waals surface area contributed by atoms with Gasteiger partial charge < -0.3 is 20.3 Å². The van der Waals surface area contributed by atoms with Crippen LogP contribution in [0.2, 0.25) is 0 Å². The van der Waals surface area contributed by atoms with Crippen LogP contribution in [0.4, 0.5) is 14.9 Å². The van der Waals surface area contributed by atoms with Crippen molar-refractivity contribution in [3.63, 3.8) is 0 Å². The highest BCUT2D eigenvalue weighted by Crippen LogP contribution is 2.46. The Morgan fingerprint density at radius 2 is 1.87 bits per heavy atom. The fraction of sp³-hybridized carbons (Fsp3) is 0.455. The van der Waals surface area contributed by atoms with Crippen LogP contribution in [-0.2, 0) is 42.2 Å². The molecule has 6 rings (SSSR count). The summed E-state index contributed by atoms with van der Waals surface area (Å²) >= 11 is 0. The Balaban J connectivity index is 1.18. The number of hydrogen-bond donors (Lipinski definition) is 3. The number of allylic oxidation sites excluding steroid dienone is 1. The van der Waals surface area contributed by atoms with Crippen LogP contribution in [0.1, 0.15) is 56.6 Å². The summed E-state index contributed by atoms with van der Waals surface area (Å²) in [5, 5.41) is 5.93. The summed E-state index contributed by atoms with van der Waals surface area (Å²) in [5.74, 6) is -2.82. The molecule has 1 aliphatic carbocycles. The number of amides is 4. The molecule has 0 bridgehead atoms. The zero-order chi connectivity index (χ0) is 33.3. The molecular formula is C33H38FN5O7S. The molecule has 4 aliphatic rings. The first-order chi connectivity index (χ1) is 22.5. The molecule has 3 N–H and O–H groups in total. The number of ether oxygens (including phenoxy) is 1. The molecule has 2 aromatic carbocycles. The first kappa shape index (κ1) is 32.5. The lowest BCUT2D eigenvalue weighted by Crippen LogP contribution is -2.56. The van der Waals surface area contributed by atoms with E-state index in [4.69, 9.17) is 4.74 Å². The Hall–Kier alpha value is -4.46. The number of likely N-dealkylation sites (tertiary alicyclic amines) is 1. The van der Waals surface area contributed by atoms with Crippen LogP contribution in [0.3, 0.4) is 0 Å². The van der Waals surface area contributed by atoms with Gasteiger partial charge in [0.1, 0.15) is 28.4 Å². The number of sulfonamides is 1. The van der Waals surface area contributed by atoms with Gasteiger partial charge in [-0.15, -0.1) is 0 Å². The number of carbonyl (C=O) groups excluding carboxylic acids is 4. The number of fused-ring (bicyclic) bond motifs is 3. The topological polar surface area (TPSA) is 154 Å². The van der Waals surface area contributed by atoms with Crippen LogP contribution < -0.4 is 15.4 Å². The zero-order valence-electron chi connectivity index (χ0n) is 26.0. The van der Waals surface area contributed by atoms with Crippen molar-refractivity contribution in [2.45, 2.75) is 81.1 Å². The quantitative estimate of drug-likeness (QED) is 0.422. The molecular weight excluding hydrogens is 629 g/mol. The summed E-state index contributed by atoms with van der Waals surface area (Å²) in [6, 6.07) is 9.90. The highest BCUT2D eigenvalue weighted by atomic mass is 32.2. The van der Waals surface area contributed by atoms with Gasteiger partial charge in [-0.25, -0.2) is 22.3 Å². The van der Waals surface area contributed by atoms with E-state index in [-0.39, 0.29) is 37.4 Å². The Labute approximate surface area is 272 Å². The van der Waals surface area contributed by atoms with Gasteiger partial charge in [-0.1, -0.05) is 42.8 Å². The highest BCUT2D eigenvalue weighted by molar-refractivity contribution is 7.90. The third-order valence-electron chi connectivity index (χ3n) is 9.32. The molecule has 3 heterocycles. The van der Waals surface area contributed by atoms with Gasteiger partial charge in [0.2, 0.25) is 11.8 Å². The summed E-state index contributed by atoms with van der Waals surface area (Å²) in [5.41, 5.74) is -0.0734. The minimum Gasteiger partial charge on any atom is -0.444 e. The highest BCUT2D eigenvalue weighted by Gasteiger charge is 2.61. The van der Waals surface area contributed by atoms with E-state index in [1.54, 1.807) is 30.3 Å². The van der Waals surface area contributed by atoms with Crippen LogP contribution in [-0.4, -0.2) is 72.8 Å². The summed E-state index contributed by atoms with van der Waals surface area (Å²) < 4.78 is 49.0. The standard InChI is InChI=1S/C33H38FN5O7S/c1-21(40)39-19-24(46-32(43)38-18-22-10-9-12-26(34)25(22)20-38)16-28(39)30(41)36-33-17-23(33)11-5-3-2-4-8-15-35-27-13-6-7-14-29(27)47(44,45)37-31(33)42/h5-7,9-14,23-24,28,35H,2-4,8,15-20H2,1H3,(H,36,41)(H,37,42)/t23-,24-,28+,33-/m1/s1. The number of nitrogens with zero attached hydrogens (tertiary/aromatic N) is 2. The predicted molar refractivity (Wildman–Crippen MR) is 169 cm³/mol. The van der Waals surface area contributed by atoms with E-state index in [9.17, 15) is 32.0 Å². The lowest BCUT2D eigenvalue weighted by molar-refractivity contribution is -0.138. The van der Waals surface area contributed by atoms with Gasteiger partial charge in [0.15, 0.2) is 0 Å². The van der Waals surface area contributed by atoms with Gasteiger partial charge in [0.05, 0.1) is 18.8 Å². The number of rotatable bonds is 3. The first-order valence-corrected chi connectivity index (χ1v) is 17.3. The maximum Gasteiger partial charge on any atom is 0.410 e. The van der Waals surface area contributed by atoms with Crippen LogP contribution >= 0.6 is 0 Å². The number of hydrogen-bond acceptors (Lipinski definition) is 8. The Morgan fingerprint density at radius 1 is 1.06 bits per heavy atom. The molecule has 250 valence electrons. The normalized spacial score (nSPS) is 26.8. The number of halogens is 1. The largest absolute Gasteiger partial charge is 0.444 e. The number of carbonyl (C=O) groups is 4.